The highest BCUT2D eigenvalue weighted by Gasteiger charge is 2.08. The monoisotopic (exact) mass is 436 g/mol. The fourth-order valence-corrected chi connectivity index (χ4v) is 3.55. The van der Waals surface area contributed by atoms with Crippen LogP contribution >= 0.6 is 11.3 Å². The molecule has 0 saturated heterocycles. The Morgan fingerprint density at radius 3 is 2.68 bits per heavy atom. The molecule has 1 heterocycles. The number of ether oxygens (including phenoxy) is 2. The predicted octanol–water partition coefficient (Wildman–Crippen LogP) is 6.43. The van der Waals surface area contributed by atoms with Gasteiger partial charge in [-0.25, -0.2) is 4.98 Å². The lowest BCUT2D eigenvalue weighted by Gasteiger charge is -2.09. The van der Waals surface area contributed by atoms with Crippen molar-refractivity contribution in [2.75, 3.05) is 11.9 Å². The molecule has 0 aliphatic carbocycles. The number of nitrogens with one attached hydrogen (secondary N) is 1. The number of carbonyl (C=O) groups excluding carboxylic acids is 1. The number of hydrogen-bond acceptors (Lipinski definition) is 5. The first-order valence-corrected chi connectivity index (χ1v) is 11.4. The molecule has 162 valence electrons. The Kier molecular flexibility index (Phi) is 8.24. The average Bonchev–Trinajstić information content (AvgIpc) is 3.21. The summed E-state index contributed by atoms with van der Waals surface area (Å²) >= 11 is 1.39. The summed E-state index contributed by atoms with van der Waals surface area (Å²) in [6.07, 6.45) is 5.47. The van der Waals surface area contributed by atoms with E-state index in [2.05, 4.69) is 17.2 Å². The summed E-state index contributed by atoms with van der Waals surface area (Å²) < 4.78 is 11.5. The molecule has 0 bridgehead atoms. The third-order valence-corrected chi connectivity index (χ3v) is 5.10. The summed E-state index contributed by atoms with van der Waals surface area (Å²) in [6.45, 7) is 6.78. The molecule has 1 N–H and O–H groups in total. The Morgan fingerprint density at radius 2 is 1.94 bits per heavy atom. The van der Waals surface area contributed by atoms with Gasteiger partial charge >= 0.3 is 0 Å². The molecule has 0 aliphatic heterocycles. The molecule has 31 heavy (non-hydrogen) atoms. The zero-order valence-corrected chi connectivity index (χ0v) is 18.9. The van der Waals surface area contributed by atoms with E-state index in [1.807, 2.05) is 67.8 Å². The van der Waals surface area contributed by atoms with Crippen LogP contribution in [-0.4, -0.2) is 23.6 Å². The second-order valence-electron chi connectivity index (χ2n) is 7.29. The van der Waals surface area contributed by atoms with Gasteiger partial charge < -0.3 is 9.47 Å². The quantitative estimate of drug-likeness (QED) is 0.294. The van der Waals surface area contributed by atoms with E-state index in [0.29, 0.717) is 11.7 Å². The second-order valence-corrected chi connectivity index (χ2v) is 8.15. The normalized spacial score (nSPS) is 11.1. The predicted molar refractivity (Wildman–Crippen MR) is 128 cm³/mol. The lowest BCUT2D eigenvalue weighted by atomic mass is 10.2. The van der Waals surface area contributed by atoms with Gasteiger partial charge in [0.2, 0.25) is 5.91 Å². The summed E-state index contributed by atoms with van der Waals surface area (Å²) in [5, 5.41) is 5.31. The molecule has 3 aromatic rings. The number of benzene rings is 2. The minimum Gasteiger partial charge on any atom is -0.493 e. The van der Waals surface area contributed by atoms with Gasteiger partial charge in [-0.15, -0.1) is 11.3 Å². The number of aromatic nitrogens is 1. The van der Waals surface area contributed by atoms with Gasteiger partial charge in [0.15, 0.2) is 5.13 Å². The molecule has 1 aromatic heterocycles. The van der Waals surface area contributed by atoms with Crippen LogP contribution in [0.25, 0.3) is 17.3 Å². The summed E-state index contributed by atoms with van der Waals surface area (Å²) in [6, 6.07) is 15.5. The molecule has 0 atom stereocenters. The van der Waals surface area contributed by atoms with E-state index in [1.54, 1.807) is 6.08 Å². The Bertz CT molecular complexity index is 1010. The molecular formula is C25H28N2O3S. The van der Waals surface area contributed by atoms with Crippen LogP contribution in [0.15, 0.2) is 60.0 Å². The van der Waals surface area contributed by atoms with Gasteiger partial charge in [-0.3, -0.25) is 10.1 Å². The van der Waals surface area contributed by atoms with Crippen molar-refractivity contribution in [3.63, 3.8) is 0 Å². The highest BCUT2D eigenvalue weighted by molar-refractivity contribution is 7.14. The Labute approximate surface area is 187 Å². The molecule has 0 aliphatic rings. The molecule has 0 spiro atoms. The van der Waals surface area contributed by atoms with E-state index in [-0.39, 0.29) is 12.0 Å². The van der Waals surface area contributed by atoms with Crippen LogP contribution in [0.1, 0.15) is 39.2 Å². The average molecular weight is 437 g/mol. The van der Waals surface area contributed by atoms with Crippen molar-refractivity contribution in [1.82, 2.24) is 4.98 Å². The van der Waals surface area contributed by atoms with E-state index >= 15 is 0 Å². The van der Waals surface area contributed by atoms with Crippen LogP contribution in [-0.2, 0) is 4.79 Å². The van der Waals surface area contributed by atoms with Crippen molar-refractivity contribution in [3.05, 3.63) is 65.6 Å². The maximum atomic E-state index is 12.4. The molecule has 6 heteroatoms. The van der Waals surface area contributed by atoms with E-state index in [4.69, 9.17) is 9.47 Å². The number of rotatable bonds is 10. The molecule has 3 rings (SSSR count). The highest BCUT2D eigenvalue weighted by Crippen LogP contribution is 2.27. The Morgan fingerprint density at radius 1 is 1.16 bits per heavy atom. The van der Waals surface area contributed by atoms with Gasteiger partial charge in [0, 0.05) is 22.6 Å². The van der Waals surface area contributed by atoms with E-state index in [1.165, 1.54) is 17.4 Å². The Balaban J connectivity index is 1.60. The van der Waals surface area contributed by atoms with Gasteiger partial charge in [0.05, 0.1) is 18.4 Å². The zero-order chi connectivity index (χ0) is 22.1. The third-order valence-electron chi connectivity index (χ3n) is 4.34. The molecule has 1 amide bonds. The SMILES string of the molecule is CCCCOc1ccccc1/C=C/C(=O)Nc1nc(-c2ccc(OC(C)C)cc2)cs1. The zero-order valence-electron chi connectivity index (χ0n) is 18.1. The topological polar surface area (TPSA) is 60.5 Å². The smallest absolute Gasteiger partial charge is 0.250 e. The summed E-state index contributed by atoms with van der Waals surface area (Å²) in [7, 11) is 0. The standard InChI is InChI=1S/C25H28N2O3S/c1-4-5-16-29-23-9-7-6-8-20(23)12-15-24(28)27-25-26-22(17-31-25)19-10-13-21(14-11-19)30-18(2)3/h6-15,17-18H,4-5,16H2,1-3H3,(H,26,27,28)/b15-12+. The van der Waals surface area contributed by atoms with Crippen molar-refractivity contribution in [2.45, 2.75) is 39.7 Å². The first-order valence-electron chi connectivity index (χ1n) is 10.5. The van der Waals surface area contributed by atoms with Gasteiger partial charge in [0.25, 0.3) is 0 Å². The molecule has 0 fully saturated rings. The van der Waals surface area contributed by atoms with Crippen LogP contribution in [0.3, 0.4) is 0 Å². The Hall–Kier alpha value is -3.12. The van der Waals surface area contributed by atoms with Crippen molar-refractivity contribution in [1.29, 1.82) is 0 Å². The molecule has 0 saturated carbocycles. The number of hydrogen-bond donors (Lipinski definition) is 1. The number of unbranched alkanes of at least 4 members (excludes halogenated alkanes) is 1. The number of thiazole rings is 1. The second kappa shape index (κ2) is 11.3. The van der Waals surface area contributed by atoms with Gasteiger partial charge in [-0.05, 0) is 56.7 Å². The summed E-state index contributed by atoms with van der Waals surface area (Å²) in [4.78, 5) is 16.9. The van der Waals surface area contributed by atoms with Gasteiger partial charge in [-0.2, -0.15) is 0 Å². The van der Waals surface area contributed by atoms with E-state index in [0.717, 1.165) is 41.2 Å². The van der Waals surface area contributed by atoms with Crippen LogP contribution in [0.4, 0.5) is 5.13 Å². The molecule has 0 unspecified atom stereocenters. The van der Waals surface area contributed by atoms with Crippen LogP contribution in [0, 0.1) is 0 Å². The van der Waals surface area contributed by atoms with Crippen LogP contribution in [0.5, 0.6) is 11.5 Å². The van der Waals surface area contributed by atoms with Gasteiger partial charge in [-0.1, -0.05) is 31.5 Å². The number of nitrogens with zero attached hydrogens (tertiary/aromatic N) is 1. The number of anilines is 1. The van der Waals surface area contributed by atoms with Crippen LogP contribution < -0.4 is 14.8 Å². The molecular weight excluding hydrogens is 408 g/mol. The lowest BCUT2D eigenvalue weighted by molar-refractivity contribution is -0.111. The van der Waals surface area contributed by atoms with Crippen molar-refractivity contribution >= 4 is 28.5 Å². The number of para-hydroxylation sites is 1. The fraction of sp³-hybridized carbons (Fsp3) is 0.280. The first-order chi connectivity index (χ1) is 15.0. The minimum absolute atomic E-state index is 0.134. The maximum absolute atomic E-state index is 12.4. The van der Waals surface area contributed by atoms with E-state index in [9.17, 15) is 4.79 Å². The van der Waals surface area contributed by atoms with Crippen molar-refractivity contribution < 1.29 is 14.3 Å². The van der Waals surface area contributed by atoms with Crippen molar-refractivity contribution in [3.8, 4) is 22.8 Å². The largest absolute Gasteiger partial charge is 0.493 e. The van der Waals surface area contributed by atoms with Crippen molar-refractivity contribution in [2.24, 2.45) is 0 Å². The first kappa shape index (κ1) is 22.6. The third kappa shape index (κ3) is 6.96. The van der Waals surface area contributed by atoms with Gasteiger partial charge in [0.1, 0.15) is 11.5 Å². The fourth-order valence-electron chi connectivity index (χ4n) is 2.83. The number of carbonyl (C=O) groups is 1. The maximum Gasteiger partial charge on any atom is 0.250 e. The lowest BCUT2D eigenvalue weighted by Crippen LogP contribution is -2.07. The highest BCUT2D eigenvalue weighted by atomic mass is 32.1. The molecule has 2 aromatic carbocycles. The summed E-state index contributed by atoms with van der Waals surface area (Å²) in [5.74, 6) is 1.37. The van der Waals surface area contributed by atoms with E-state index < -0.39 is 0 Å². The molecule has 5 nitrogen and oxygen atoms in total. The number of amides is 1. The minimum atomic E-state index is -0.232. The molecule has 0 radical (unpaired) electrons. The summed E-state index contributed by atoms with van der Waals surface area (Å²) in [5.41, 5.74) is 2.66. The van der Waals surface area contributed by atoms with Crippen LogP contribution in [0.2, 0.25) is 0 Å².